The van der Waals surface area contributed by atoms with E-state index < -0.39 is 18.2 Å². The molecule has 6 atom stereocenters. The first-order chi connectivity index (χ1) is 23.3. The van der Waals surface area contributed by atoms with E-state index in [9.17, 15) is 14.4 Å². The van der Waals surface area contributed by atoms with Crippen molar-refractivity contribution in [1.29, 1.82) is 0 Å². The number of fused-ring (bicyclic) bond motifs is 5. The van der Waals surface area contributed by atoms with Gasteiger partial charge in [0, 0.05) is 23.8 Å². The zero-order valence-corrected chi connectivity index (χ0v) is 27.6. The number of Topliss-reactive ketones (excluding diaryl/α,β-unsaturated/α-hetero) is 2. The zero-order valence-electron chi connectivity index (χ0n) is 27.6. The first-order valence-corrected chi connectivity index (χ1v) is 17.2. The highest BCUT2D eigenvalue weighted by molar-refractivity contribution is 6.01. The third kappa shape index (κ3) is 6.16. The lowest BCUT2D eigenvalue weighted by molar-refractivity contribution is -0.129. The van der Waals surface area contributed by atoms with Gasteiger partial charge in [-0.2, -0.15) is 0 Å². The van der Waals surface area contributed by atoms with Crippen molar-refractivity contribution in [3.05, 3.63) is 131 Å². The molecule has 0 aromatic heterocycles. The van der Waals surface area contributed by atoms with Gasteiger partial charge in [0.1, 0.15) is 17.3 Å². The van der Waals surface area contributed by atoms with E-state index >= 15 is 0 Å². The van der Waals surface area contributed by atoms with Gasteiger partial charge in [-0.3, -0.25) is 9.59 Å². The van der Waals surface area contributed by atoms with Crippen LogP contribution in [-0.2, 0) is 16.0 Å². The van der Waals surface area contributed by atoms with Gasteiger partial charge in [-0.1, -0.05) is 73.7 Å². The number of methoxy groups -OCH3 is 1. The lowest BCUT2D eigenvalue weighted by Gasteiger charge is -2.48. The lowest BCUT2D eigenvalue weighted by atomic mass is 9.55. The normalized spacial score (nSPS) is 24.0. The van der Waals surface area contributed by atoms with Gasteiger partial charge >= 0.3 is 5.97 Å². The second-order valence-corrected chi connectivity index (χ2v) is 13.8. The number of carbonyl (C=O) groups is 3. The fraction of sp³-hybridized carbons (Fsp3) is 0.357. The Morgan fingerprint density at radius 1 is 0.812 bits per heavy atom. The van der Waals surface area contributed by atoms with Crippen LogP contribution in [0.4, 0.5) is 0 Å². The summed E-state index contributed by atoms with van der Waals surface area (Å²) in [6.45, 7) is 2.20. The number of aryl methyl sites for hydroxylation is 1. The number of hydrogen-bond acceptors (Lipinski definition) is 6. The molecular weight excluding hydrogens is 600 g/mol. The summed E-state index contributed by atoms with van der Waals surface area (Å²) in [6.07, 6.45) is 4.78. The monoisotopic (exact) mass is 642 g/mol. The minimum atomic E-state index is -1.04. The van der Waals surface area contributed by atoms with Crippen molar-refractivity contribution in [3.63, 3.8) is 0 Å². The summed E-state index contributed by atoms with van der Waals surface area (Å²) in [7, 11) is 1.61. The van der Waals surface area contributed by atoms with Crippen LogP contribution in [0.5, 0.6) is 11.5 Å². The average molecular weight is 643 g/mol. The van der Waals surface area contributed by atoms with E-state index in [0.29, 0.717) is 46.2 Å². The second-order valence-electron chi connectivity index (χ2n) is 13.8. The Labute approximate surface area is 282 Å². The third-order valence-corrected chi connectivity index (χ3v) is 11.2. The van der Waals surface area contributed by atoms with E-state index in [-0.39, 0.29) is 17.6 Å². The number of hydrogen-bond donors (Lipinski definition) is 0. The molecule has 2 unspecified atom stereocenters. The van der Waals surface area contributed by atoms with Crippen molar-refractivity contribution in [2.45, 2.75) is 70.0 Å². The number of ether oxygens (including phenoxy) is 3. The van der Waals surface area contributed by atoms with Gasteiger partial charge < -0.3 is 14.2 Å². The maximum Gasteiger partial charge on any atom is 0.341 e. The van der Waals surface area contributed by atoms with E-state index in [1.807, 2.05) is 54.6 Å². The topological polar surface area (TPSA) is 78.9 Å². The van der Waals surface area contributed by atoms with E-state index in [0.717, 1.165) is 44.1 Å². The van der Waals surface area contributed by atoms with Gasteiger partial charge in [-0.05, 0) is 103 Å². The van der Waals surface area contributed by atoms with Crippen LogP contribution < -0.4 is 9.47 Å². The van der Waals surface area contributed by atoms with Crippen molar-refractivity contribution in [1.82, 2.24) is 0 Å². The van der Waals surface area contributed by atoms with E-state index in [1.54, 1.807) is 43.5 Å². The molecule has 0 heterocycles. The van der Waals surface area contributed by atoms with Crippen molar-refractivity contribution >= 4 is 17.5 Å². The summed E-state index contributed by atoms with van der Waals surface area (Å²) in [6, 6.07) is 31.7. The van der Waals surface area contributed by atoms with Crippen molar-refractivity contribution < 1.29 is 28.6 Å². The standard InChI is InChI=1S/C42H42O6/c1-42-24-23-34-33-20-18-32(25-30(33)15-19-35(34)37(42)21-22-38(42)43)47-39(48-41(45)29-11-7-4-8-12-29)26-36(27-13-16-31(46-2)17-14-27)40(44)28-9-5-3-6-10-28/h3-14,16-18,20,25,34-37,39H,15,19,21-24,26H2,1-2H3/t34-,35-,36?,37+,39?,42+/m0/s1. The molecule has 3 aliphatic carbocycles. The molecule has 7 rings (SSSR count). The van der Waals surface area contributed by atoms with Gasteiger partial charge in [0.05, 0.1) is 18.6 Å². The Kier molecular flexibility index (Phi) is 8.91. The van der Waals surface area contributed by atoms with Gasteiger partial charge in [-0.15, -0.1) is 0 Å². The molecule has 0 radical (unpaired) electrons. The maximum atomic E-state index is 14.0. The molecule has 6 heteroatoms. The Hall–Kier alpha value is -4.71. The number of benzene rings is 4. The summed E-state index contributed by atoms with van der Waals surface area (Å²) in [4.78, 5) is 40.2. The molecule has 2 fully saturated rings. The van der Waals surface area contributed by atoms with Gasteiger partial charge in [0.25, 0.3) is 0 Å². The molecule has 3 aliphatic rings. The smallest absolute Gasteiger partial charge is 0.341 e. The second kappa shape index (κ2) is 13.4. The van der Waals surface area contributed by atoms with Crippen LogP contribution in [0, 0.1) is 17.3 Å². The SMILES string of the molecule is COc1ccc(C(CC(OC(=O)c2ccccc2)Oc2ccc3c(c2)CC[C@@H]2[C@H]4CCC(=O)[C@]4(C)CC[C@@H]32)C(=O)c2ccccc2)cc1. The maximum absolute atomic E-state index is 14.0. The number of carbonyl (C=O) groups excluding carboxylic acids is 3. The summed E-state index contributed by atoms with van der Waals surface area (Å²) in [5, 5.41) is 0. The van der Waals surface area contributed by atoms with Crippen LogP contribution in [0.2, 0.25) is 0 Å². The molecular formula is C42H42O6. The van der Waals surface area contributed by atoms with E-state index in [1.165, 1.54) is 11.1 Å². The third-order valence-electron chi connectivity index (χ3n) is 11.2. The highest BCUT2D eigenvalue weighted by Gasteiger charge is 2.54. The van der Waals surface area contributed by atoms with Crippen molar-refractivity contribution in [2.24, 2.45) is 17.3 Å². The molecule has 2 saturated carbocycles. The van der Waals surface area contributed by atoms with Crippen LogP contribution in [0.15, 0.2) is 103 Å². The van der Waals surface area contributed by atoms with E-state index in [4.69, 9.17) is 14.2 Å². The fourth-order valence-electron chi connectivity index (χ4n) is 8.66. The first-order valence-electron chi connectivity index (χ1n) is 17.2. The van der Waals surface area contributed by atoms with Crippen LogP contribution in [0.25, 0.3) is 0 Å². The molecule has 246 valence electrons. The average Bonchev–Trinajstić information content (AvgIpc) is 3.44. The summed E-state index contributed by atoms with van der Waals surface area (Å²) >= 11 is 0. The summed E-state index contributed by atoms with van der Waals surface area (Å²) < 4.78 is 17.9. The Morgan fingerprint density at radius 3 is 2.21 bits per heavy atom. The first kappa shape index (κ1) is 31.9. The Bertz CT molecular complexity index is 1780. The Morgan fingerprint density at radius 2 is 1.50 bits per heavy atom. The van der Waals surface area contributed by atoms with E-state index in [2.05, 4.69) is 19.1 Å². The fourth-order valence-corrected chi connectivity index (χ4v) is 8.66. The predicted molar refractivity (Wildman–Crippen MR) is 183 cm³/mol. The highest BCUT2D eigenvalue weighted by atomic mass is 16.7. The molecule has 4 aromatic carbocycles. The lowest BCUT2D eigenvalue weighted by Crippen LogP contribution is -2.42. The summed E-state index contributed by atoms with van der Waals surface area (Å²) in [5.41, 5.74) is 4.21. The van der Waals surface area contributed by atoms with Gasteiger partial charge in [0.15, 0.2) is 5.78 Å². The number of rotatable bonds is 10. The molecule has 0 spiro atoms. The molecule has 0 aliphatic heterocycles. The summed E-state index contributed by atoms with van der Waals surface area (Å²) in [5.74, 6) is 1.94. The van der Waals surface area contributed by atoms with Crippen LogP contribution >= 0.6 is 0 Å². The van der Waals surface area contributed by atoms with Crippen LogP contribution in [-0.4, -0.2) is 30.9 Å². The highest BCUT2D eigenvalue weighted by Crippen LogP contribution is 2.59. The molecule has 0 bridgehead atoms. The minimum Gasteiger partial charge on any atom is -0.497 e. The quantitative estimate of drug-likeness (QED) is 0.0978. The van der Waals surface area contributed by atoms with Crippen molar-refractivity contribution in [3.8, 4) is 11.5 Å². The molecule has 4 aromatic rings. The van der Waals surface area contributed by atoms with Crippen molar-refractivity contribution in [2.75, 3.05) is 7.11 Å². The predicted octanol–water partition coefficient (Wildman–Crippen LogP) is 8.74. The van der Waals surface area contributed by atoms with Gasteiger partial charge in [-0.25, -0.2) is 4.79 Å². The number of esters is 1. The molecule has 48 heavy (non-hydrogen) atoms. The zero-order chi connectivity index (χ0) is 33.3. The van der Waals surface area contributed by atoms with Gasteiger partial charge in [0.2, 0.25) is 6.29 Å². The largest absolute Gasteiger partial charge is 0.497 e. The molecule has 6 nitrogen and oxygen atoms in total. The minimum absolute atomic E-state index is 0.0868. The molecule has 0 saturated heterocycles. The number of ketones is 2. The van der Waals surface area contributed by atoms with Crippen LogP contribution in [0.3, 0.4) is 0 Å². The molecule has 0 amide bonds. The van der Waals surface area contributed by atoms with Crippen LogP contribution in [0.1, 0.15) is 94.7 Å². The molecule has 0 N–H and O–H groups in total. The Balaban J connectivity index is 1.18.